The van der Waals surface area contributed by atoms with Gasteiger partial charge in [0, 0.05) is 36.7 Å². The molecule has 5 aromatic rings. The summed E-state index contributed by atoms with van der Waals surface area (Å²) in [5, 5.41) is 5.15. The Kier molecular flexibility index (Phi) is 6.04. The Labute approximate surface area is 198 Å². The summed E-state index contributed by atoms with van der Waals surface area (Å²) in [6, 6.07) is 12.2. The van der Waals surface area contributed by atoms with Gasteiger partial charge in [-0.2, -0.15) is 4.39 Å². The minimum absolute atomic E-state index is 0.293. The topological polar surface area (TPSA) is 90.5 Å². The van der Waals surface area contributed by atoms with Gasteiger partial charge in [-0.15, -0.1) is 11.3 Å². The quantitative estimate of drug-likeness (QED) is 0.352. The highest BCUT2D eigenvalue weighted by molar-refractivity contribution is 7.14. The summed E-state index contributed by atoms with van der Waals surface area (Å²) in [7, 11) is 0. The van der Waals surface area contributed by atoms with E-state index in [-0.39, 0.29) is 5.91 Å². The van der Waals surface area contributed by atoms with Gasteiger partial charge in [-0.05, 0) is 54.1 Å². The number of hydrogen-bond donors (Lipinski definition) is 1. The summed E-state index contributed by atoms with van der Waals surface area (Å²) in [5.74, 6) is -0.0619. The Morgan fingerprint density at radius 1 is 1.06 bits per heavy atom. The van der Waals surface area contributed by atoms with Gasteiger partial charge in [-0.25, -0.2) is 19.9 Å². The van der Waals surface area contributed by atoms with E-state index in [2.05, 4.69) is 25.3 Å². The Morgan fingerprint density at radius 3 is 2.82 bits per heavy atom. The molecule has 0 fully saturated rings. The number of pyridine rings is 2. The molecule has 0 saturated heterocycles. The van der Waals surface area contributed by atoms with Crippen molar-refractivity contribution in [3.05, 3.63) is 108 Å². The molecule has 0 unspecified atom stereocenters. The molecule has 0 aliphatic rings. The maximum atomic E-state index is 13.4. The highest BCUT2D eigenvalue weighted by Gasteiger charge is 2.13. The number of carbonyl (C=O) groups excluding carboxylic acids is 1. The van der Waals surface area contributed by atoms with Gasteiger partial charge in [0.25, 0.3) is 5.91 Å². The van der Waals surface area contributed by atoms with Crippen LogP contribution in [-0.4, -0.2) is 35.0 Å². The zero-order valence-electron chi connectivity index (χ0n) is 17.7. The SMILES string of the molecule is O=C(Nc1nc(/C=C/c2cn(-c3ccccn3)cn2)cs1)c1cccn1Cc1ccnc(F)c1. The van der Waals surface area contributed by atoms with Crippen molar-refractivity contribution in [3.8, 4) is 5.82 Å². The molecule has 5 aromatic heterocycles. The van der Waals surface area contributed by atoms with Crippen LogP contribution in [0.3, 0.4) is 0 Å². The first-order valence-electron chi connectivity index (χ1n) is 10.3. The summed E-state index contributed by atoms with van der Waals surface area (Å²) in [5.41, 5.74) is 2.62. The highest BCUT2D eigenvalue weighted by atomic mass is 32.1. The third-order valence-electron chi connectivity index (χ3n) is 4.89. The fourth-order valence-electron chi connectivity index (χ4n) is 3.30. The molecule has 0 aliphatic carbocycles. The molecule has 0 aromatic carbocycles. The molecular formula is C24H18FN7OS. The van der Waals surface area contributed by atoms with E-state index in [4.69, 9.17) is 0 Å². The molecule has 1 N–H and O–H groups in total. The van der Waals surface area contributed by atoms with E-state index in [0.717, 1.165) is 11.5 Å². The number of hydrogen-bond acceptors (Lipinski definition) is 6. The minimum Gasteiger partial charge on any atom is -0.339 e. The van der Waals surface area contributed by atoms with Crippen LogP contribution in [0.5, 0.6) is 0 Å². The van der Waals surface area contributed by atoms with Crippen LogP contribution < -0.4 is 5.32 Å². The molecule has 0 bridgehead atoms. The number of imidazole rings is 1. The van der Waals surface area contributed by atoms with Gasteiger partial charge in [0.15, 0.2) is 5.13 Å². The Morgan fingerprint density at radius 2 is 1.97 bits per heavy atom. The highest BCUT2D eigenvalue weighted by Crippen LogP contribution is 2.19. The number of carbonyl (C=O) groups is 1. The molecule has 0 saturated carbocycles. The van der Waals surface area contributed by atoms with Crippen molar-refractivity contribution in [1.82, 2.24) is 29.1 Å². The van der Waals surface area contributed by atoms with Gasteiger partial charge < -0.3 is 4.57 Å². The number of anilines is 1. The van der Waals surface area contributed by atoms with Crippen molar-refractivity contribution >= 4 is 34.5 Å². The molecule has 5 rings (SSSR count). The molecule has 0 radical (unpaired) electrons. The number of halogens is 1. The van der Waals surface area contributed by atoms with Crippen LogP contribution in [0.2, 0.25) is 0 Å². The first-order chi connectivity index (χ1) is 16.6. The van der Waals surface area contributed by atoms with Crippen molar-refractivity contribution in [2.24, 2.45) is 0 Å². The summed E-state index contributed by atoms with van der Waals surface area (Å²) in [4.78, 5) is 29.5. The van der Waals surface area contributed by atoms with Crippen molar-refractivity contribution in [2.75, 3.05) is 5.32 Å². The molecule has 34 heavy (non-hydrogen) atoms. The Hall–Kier alpha value is -4.44. The van der Waals surface area contributed by atoms with E-state index >= 15 is 0 Å². The Bertz CT molecular complexity index is 1450. The first-order valence-corrected chi connectivity index (χ1v) is 11.2. The number of aromatic nitrogens is 6. The standard InChI is InChI=1S/C24H18FN7OS/c25-21-12-17(8-10-26-21)13-31-11-3-4-20(31)23(33)30-24-29-19(15-34-24)7-6-18-14-32(16-28-18)22-5-1-2-9-27-22/h1-12,14-16H,13H2,(H,29,30,33)/b7-6+. The normalized spacial score (nSPS) is 11.2. The molecule has 1 amide bonds. The van der Waals surface area contributed by atoms with Crippen LogP contribution in [-0.2, 0) is 6.54 Å². The predicted molar refractivity (Wildman–Crippen MR) is 128 cm³/mol. The molecule has 10 heteroatoms. The third-order valence-corrected chi connectivity index (χ3v) is 5.67. The van der Waals surface area contributed by atoms with Gasteiger partial charge in [0.05, 0.1) is 11.4 Å². The third kappa shape index (κ3) is 4.97. The molecule has 0 spiro atoms. The van der Waals surface area contributed by atoms with Crippen LogP contribution in [0, 0.1) is 5.95 Å². The number of thiazole rings is 1. The van der Waals surface area contributed by atoms with Gasteiger partial charge in [0.2, 0.25) is 5.95 Å². The Balaban J connectivity index is 1.23. The largest absolute Gasteiger partial charge is 0.339 e. The van der Waals surface area contributed by atoms with Gasteiger partial charge >= 0.3 is 0 Å². The lowest BCUT2D eigenvalue weighted by atomic mass is 10.2. The molecule has 0 aliphatic heterocycles. The van der Waals surface area contributed by atoms with Crippen LogP contribution in [0.4, 0.5) is 9.52 Å². The maximum absolute atomic E-state index is 13.4. The molecule has 8 nitrogen and oxygen atoms in total. The van der Waals surface area contributed by atoms with Crippen LogP contribution in [0.15, 0.2) is 79.0 Å². The van der Waals surface area contributed by atoms with Gasteiger partial charge in [0.1, 0.15) is 17.8 Å². The average molecular weight is 472 g/mol. The van der Waals surface area contributed by atoms with Gasteiger partial charge in [-0.1, -0.05) is 6.07 Å². The van der Waals surface area contributed by atoms with Crippen molar-refractivity contribution in [3.63, 3.8) is 0 Å². The summed E-state index contributed by atoms with van der Waals surface area (Å²) in [6.45, 7) is 0.353. The lowest BCUT2D eigenvalue weighted by Crippen LogP contribution is -2.17. The summed E-state index contributed by atoms with van der Waals surface area (Å²) < 4.78 is 17.0. The van der Waals surface area contributed by atoms with E-state index in [1.807, 2.05) is 46.5 Å². The molecule has 0 atom stereocenters. The predicted octanol–water partition coefficient (Wildman–Crippen LogP) is 4.53. The summed E-state index contributed by atoms with van der Waals surface area (Å²) in [6.07, 6.45) is 12.2. The molecule has 168 valence electrons. The second kappa shape index (κ2) is 9.59. The van der Waals surface area contributed by atoms with Crippen LogP contribution in [0.25, 0.3) is 18.0 Å². The van der Waals surface area contributed by atoms with E-state index < -0.39 is 5.95 Å². The lowest BCUT2D eigenvalue weighted by Gasteiger charge is -2.09. The molecule has 5 heterocycles. The van der Waals surface area contributed by atoms with E-state index in [1.165, 1.54) is 23.6 Å². The number of nitrogens with zero attached hydrogens (tertiary/aromatic N) is 6. The second-order valence-electron chi connectivity index (χ2n) is 7.27. The average Bonchev–Trinajstić information content (AvgIpc) is 3.60. The monoisotopic (exact) mass is 471 g/mol. The number of nitrogens with one attached hydrogen (secondary N) is 1. The first kappa shape index (κ1) is 21.4. The number of amides is 1. The zero-order valence-corrected chi connectivity index (χ0v) is 18.6. The van der Waals surface area contributed by atoms with Crippen molar-refractivity contribution in [2.45, 2.75) is 6.54 Å². The van der Waals surface area contributed by atoms with E-state index in [0.29, 0.717) is 28.6 Å². The molecular weight excluding hydrogens is 453 g/mol. The van der Waals surface area contributed by atoms with E-state index in [1.54, 1.807) is 41.5 Å². The second-order valence-corrected chi connectivity index (χ2v) is 8.12. The number of rotatable bonds is 7. The van der Waals surface area contributed by atoms with Crippen molar-refractivity contribution < 1.29 is 9.18 Å². The maximum Gasteiger partial charge on any atom is 0.274 e. The fourth-order valence-corrected chi connectivity index (χ4v) is 3.98. The minimum atomic E-state index is -0.553. The van der Waals surface area contributed by atoms with Crippen molar-refractivity contribution in [1.29, 1.82) is 0 Å². The zero-order chi connectivity index (χ0) is 23.3. The van der Waals surface area contributed by atoms with Gasteiger partial charge in [-0.3, -0.25) is 14.7 Å². The smallest absolute Gasteiger partial charge is 0.274 e. The lowest BCUT2D eigenvalue weighted by molar-refractivity contribution is 0.101. The van der Waals surface area contributed by atoms with Crippen LogP contribution in [0.1, 0.15) is 27.4 Å². The fraction of sp³-hybridized carbons (Fsp3) is 0.0417. The summed E-state index contributed by atoms with van der Waals surface area (Å²) >= 11 is 1.33. The van der Waals surface area contributed by atoms with E-state index in [9.17, 15) is 9.18 Å². The van der Waals surface area contributed by atoms with Crippen LogP contribution >= 0.6 is 11.3 Å².